The van der Waals surface area contributed by atoms with Crippen molar-refractivity contribution in [2.24, 2.45) is 0 Å². The number of unbranched alkanes of at least 4 members (excludes halogenated alkanes) is 54. The predicted octanol–water partition coefficient (Wildman–Crippen LogP) is 25.3. The first kappa shape index (κ1) is 78.9. The lowest BCUT2D eigenvalue weighted by Crippen LogP contribution is -2.30. The maximum absolute atomic E-state index is 13.0. The third-order valence-corrected chi connectivity index (χ3v) is 16.9. The molecule has 1 unspecified atom stereocenters. The van der Waals surface area contributed by atoms with Crippen molar-refractivity contribution in [1.29, 1.82) is 0 Å². The fourth-order valence-electron chi connectivity index (χ4n) is 11.4. The summed E-state index contributed by atoms with van der Waals surface area (Å²) in [4.78, 5) is 38.5. The first-order chi connectivity index (χ1) is 40.0. The smallest absolute Gasteiger partial charge is 0.306 e. The fraction of sp³-hybridized carbons (Fsp3) is 0.907. The first-order valence-electron chi connectivity index (χ1n) is 36.8. The molecule has 0 saturated heterocycles. The van der Waals surface area contributed by atoms with Crippen LogP contribution in [0.3, 0.4) is 0 Å². The molecule has 0 radical (unpaired) electrons. The lowest BCUT2D eigenvalue weighted by Gasteiger charge is -2.18. The van der Waals surface area contributed by atoms with Gasteiger partial charge in [0.2, 0.25) is 0 Å². The quantitative estimate of drug-likeness (QED) is 0.0261. The highest BCUT2D eigenvalue weighted by Gasteiger charge is 2.20. The summed E-state index contributed by atoms with van der Waals surface area (Å²) in [6, 6.07) is 0. The number of hydrogen-bond donors (Lipinski definition) is 0. The van der Waals surface area contributed by atoms with Gasteiger partial charge >= 0.3 is 17.9 Å². The van der Waals surface area contributed by atoms with Gasteiger partial charge in [-0.1, -0.05) is 353 Å². The van der Waals surface area contributed by atoms with Crippen LogP contribution in [0.4, 0.5) is 0 Å². The lowest BCUT2D eigenvalue weighted by atomic mass is 10.0. The van der Waals surface area contributed by atoms with Gasteiger partial charge in [0.15, 0.2) is 6.10 Å². The first-order valence-corrected chi connectivity index (χ1v) is 36.8. The topological polar surface area (TPSA) is 78.9 Å². The number of hydrogen-bond acceptors (Lipinski definition) is 6. The van der Waals surface area contributed by atoms with Gasteiger partial charge in [-0.2, -0.15) is 0 Å². The Morgan fingerprint density at radius 1 is 0.235 bits per heavy atom. The molecule has 6 heteroatoms. The van der Waals surface area contributed by atoms with Gasteiger partial charge in [-0.15, -0.1) is 0 Å². The third kappa shape index (κ3) is 68.6. The molecule has 1 atom stereocenters. The van der Waals surface area contributed by atoms with Gasteiger partial charge in [0.05, 0.1) is 0 Å². The van der Waals surface area contributed by atoms with Crippen molar-refractivity contribution < 1.29 is 28.6 Å². The van der Waals surface area contributed by atoms with E-state index < -0.39 is 6.10 Å². The van der Waals surface area contributed by atoms with E-state index in [0.29, 0.717) is 19.3 Å². The Balaban J connectivity index is 4.30. The third-order valence-electron chi connectivity index (χ3n) is 16.9. The molecule has 0 spiro atoms. The van der Waals surface area contributed by atoms with E-state index in [1.54, 1.807) is 0 Å². The van der Waals surface area contributed by atoms with Crippen molar-refractivity contribution in [2.45, 2.75) is 425 Å². The molecule has 0 aliphatic rings. The molecule has 0 aromatic rings. The van der Waals surface area contributed by atoms with E-state index in [-0.39, 0.29) is 31.1 Å². The molecule has 478 valence electrons. The van der Waals surface area contributed by atoms with Crippen LogP contribution in [0.25, 0.3) is 0 Å². The predicted molar refractivity (Wildman–Crippen MR) is 353 cm³/mol. The van der Waals surface area contributed by atoms with Crippen LogP contribution in [0.1, 0.15) is 419 Å². The SMILES string of the molecule is CCCCCCCCCC/C=C\CCCCCCCCCCCCCC(=O)OCC(COC(=O)CCCCCCCCCCCCCCCCCCCCC)OC(=O)CCCCCCCCCCC/C=C\CCCCCCCCCC. The monoisotopic (exact) mass is 1140 g/mol. The molecule has 0 amide bonds. The number of rotatable bonds is 69. The standard InChI is InChI=1S/C75H142O6/c1-4-7-10-13-16-19-22-25-28-31-34-36-37-39-41-44-47-50-53-56-59-62-65-68-74(77)80-71-72(70-79-73(76)67-64-61-58-55-52-49-46-43-40-33-30-27-24-21-18-15-12-9-6-3)81-75(78)69-66-63-60-57-54-51-48-45-42-38-35-32-29-26-23-20-17-14-11-8-5-2/h31-32,34-35,72H,4-30,33,36-71H2,1-3H3/b34-31-,35-32-. The van der Waals surface area contributed by atoms with E-state index in [0.717, 1.165) is 57.8 Å². The maximum atomic E-state index is 13.0. The highest BCUT2D eigenvalue weighted by Crippen LogP contribution is 2.19. The van der Waals surface area contributed by atoms with Gasteiger partial charge in [-0.3, -0.25) is 14.4 Å². The van der Waals surface area contributed by atoms with Crippen LogP contribution in [-0.4, -0.2) is 37.2 Å². The van der Waals surface area contributed by atoms with Crippen molar-refractivity contribution in [2.75, 3.05) is 13.2 Å². The van der Waals surface area contributed by atoms with Crippen molar-refractivity contribution in [3.63, 3.8) is 0 Å². The molecular formula is C75H142O6. The van der Waals surface area contributed by atoms with Crippen LogP contribution in [0.5, 0.6) is 0 Å². The molecule has 0 aromatic heterocycles. The molecule has 0 rings (SSSR count). The van der Waals surface area contributed by atoms with E-state index in [9.17, 15) is 14.4 Å². The maximum Gasteiger partial charge on any atom is 0.306 e. The second-order valence-corrected chi connectivity index (χ2v) is 25.2. The fourth-order valence-corrected chi connectivity index (χ4v) is 11.4. The Kier molecular flexibility index (Phi) is 68.5. The molecule has 0 fully saturated rings. The van der Waals surface area contributed by atoms with E-state index in [4.69, 9.17) is 14.2 Å². The van der Waals surface area contributed by atoms with Crippen molar-refractivity contribution in [3.05, 3.63) is 24.3 Å². The van der Waals surface area contributed by atoms with Crippen molar-refractivity contribution >= 4 is 17.9 Å². The Morgan fingerprint density at radius 2 is 0.407 bits per heavy atom. The zero-order valence-corrected chi connectivity index (χ0v) is 55.1. The van der Waals surface area contributed by atoms with Crippen LogP contribution in [0.2, 0.25) is 0 Å². The minimum absolute atomic E-state index is 0.0661. The second kappa shape index (κ2) is 70.4. The van der Waals surface area contributed by atoms with E-state index in [2.05, 4.69) is 45.1 Å². The van der Waals surface area contributed by atoms with Crippen molar-refractivity contribution in [3.8, 4) is 0 Å². The summed E-state index contributed by atoms with van der Waals surface area (Å²) in [6.45, 7) is 6.73. The summed E-state index contributed by atoms with van der Waals surface area (Å²) in [5, 5.41) is 0. The van der Waals surface area contributed by atoms with Crippen LogP contribution in [-0.2, 0) is 28.6 Å². The Labute approximate surface area is 506 Å². The van der Waals surface area contributed by atoms with Crippen LogP contribution in [0, 0.1) is 0 Å². The number of allylic oxidation sites excluding steroid dienone is 4. The molecular weight excluding hydrogens is 997 g/mol. The van der Waals surface area contributed by atoms with Gasteiger partial charge in [-0.25, -0.2) is 0 Å². The van der Waals surface area contributed by atoms with E-state index in [1.807, 2.05) is 0 Å². The molecule has 0 bridgehead atoms. The normalized spacial score (nSPS) is 12.1. The van der Waals surface area contributed by atoms with Gasteiger partial charge in [0.1, 0.15) is 13.2 Å². The minimum atomic E-state index is -0.771. The summed E-state index contributed by atoms with van der Waals surface area (Å²) in [5.41, 5.74) is 0. The Hall–Kier alpha value is -2.11. The summed E-state index contributed by atoms with van der Waals surface area (Å²) >= 11 is 0. The lowest BCUT2D eigenvalue weighted by molar-refractivity contribution is -0.167. The van der Waals surface area contributed by atoms with Crippen LogP contribution < -0.4 is 0 Å². The molecule has 0 aliphatic carbocycles. The molecule has 0 aliphatic heterocycles. The molecule has 6 nitrogen and oxygen atoms in total. The Morgan fingerprint density at radius 3 is 0.617 bits per heavy atom. The number of esters is 3. The summed E-state index contributed by atoms with van der Waals surface area (Å²) in [7, 11) is 0. The summed E-state index contributed by atoms with van der Waals surface area (Å²) < 4.78 is 17.0. The highest BCUT2D eigenvalue weighted by atomic mass is 16.6. The summed E-state index contributed by atoms with van der Waals surface area (Å²) in [5.74, 6) is -0.833. The second-order valence-electron chi connectivity index (χ2n) is 25.2. The zero-order chi connectivity index (χ0) is 58.5. The largest absolute Gasteiger partial charge is 0.462 e. The van der Waals surface area contributed by atoms with E-state index >= 15 is 0 Å². The van der Waals surface area contributed by atoms with Crippen molar-refractivity contribution in [1.82, 2.24) is 0 Å². The van der Waals surface area contributed by atoms with Gasteiger partial charge < -0.3 is 14.2 Å². The van der Waals surface area contributed by atoms with Gasteiger partial charge in [-0.05, 0) is 70.6 Å². The Bertz CT molecular complexity index is 1310. The average Bonchev–Trinajstić information content (AvgIpc) is 3.47. The van der Waals surface area contributed by atoms with Gasteiger partial charge in [0, 0.05) is 19.3 Å². The van der Waals surface area contributed by atoms with Gasteiger partial charge in [0.25, 0.3) is 0 Å². The van der Waals surface area contributed by atoms with E-state index in [1.165, 1.54) is 321 Å². The zero-order valence-electron chi connectivity index (χ0n) is 55.1. The number of carbonyl (C=O) groups is 3. The molecule has 81 heavy (non-hydrogen) atoms. The molecule has 0 saturated carbocycles. The highest BCUT2D eigenvalue weighted by molar-refractivity contribution is 5.71. The number of ether oxygens (including phenoxy) is 3. The molecule has 0 heterocycles. The number of carbonyl (C=O) groups excluding carboxylic acids is 3. The summed E-state index contributed by atoms with van der Waals surface area (Å²) in [6.07, 6.45) is 86.4. The molecule has 0 N–H and O–H groups in total. The average molecular weight is 1140 g/mol. The van der Waals surface area contributed by atoms with Crippen LogP contribution >= 0.6 is 0 Å². The van der Waals surface area contributed by atoms with Crippen LogP contribution in [0.15, 0.2) is 24.3 Å². The molecule has 0 aromatic carbocycles. The minimum Gasteiger partial charge on any atom is -0.462 e.